The number of benzene rings is 2. The van der Waals surface area contributed by atoms with Crippen molar-refractivity contribution in [2.75, 3.05) is 36.5 Å². The van der Waals surface area contributed by atoms with Crippen molar-refractivity contribution in [2.24, 2.45) is 0 Å². The molecule has 0 bridgehead atoms. The van der Waals surface area contributed by atoms with Gasteiger partial charge in [-0.25, -0.2) is 0 Å². The SMILES string of the molecule is O=C(Nc1ccccc1N1CCOCC1)c1ccc(Cl)c(Br)c1. The van der Waals surface area contributed by atoms with Crippen LogP contribution in [0, 0.1) is 0 Å². The van der Waals surface area contributed by atoms with Gasteiger partial charge in [-0.2, -0.15) is 0 Å². The molecule has 2 aromatic rings. The van der Waals surface area contributed by atoms with Gasteiger partial charge in [-0.05, 0) is 46.3 Å². The molecule has 4 nitrogen and oxygen atoms in total. The van der Waals surface area contributed by atoms with Crippen LogP contribution in [0.15, 0.2) is 46.9 Å². The van der Waals surface area contributed by atoms with Crippen LogP contribution in [0.2, 0.25) is 5.02 Å². The quantitative estimate of drug-likeness (QED) is 0.847. The van der Waals surface area contributed by atoms with Crippen molar-refractivity contribution in [3.8, 4) is 0 Å². The van der Waals surface area contributed by atoms with Crippen LogP contribution in [-0.2, 0) is 4.74 Å². The highest BCUT2D eigenvalue weighted by atomic mass is 79.9. The molecule has 1 fully saturated rings. The van der Waals surface area contributed by atoms with Gasteiger partial charge in [-0.3, -0.25) is 4.79 Å². The van der Waals surface area contributed by atoms with Crippen LogP contribution >= 0.6 is 27.5 Å². The minimum atomic E-state index is -0.164. The second-order valence-electron chi connectivity index (χ2n) is 5.20. The Kier molecular flexibility index (Phi) is 5.20. The van der Waals surface area contributed by atoms with Gasteiger partial charge >= 0.3 is 0 Å². The maximum atomic E-state index is 12.5. The van der Waals surface area contributed by atoms with E-state index in [-0.39, 0.29) is 5.91 Å². The number of nitrogens with one attached hydrogen (secondary N) is 1. The summed E-state index contributed by atoms with van der Waals surface area (Å²) in [6.45, 7) is 3.04. The lowest BCUT2D eigenvalue weighted by molar-refractivity contribution is 0.102. The Bertz CT molecular complexity index is 717. The highest BCUT2D eigenvalue weighted by Gasteiger charge is 2.16. The van der Waals surface area contributed by atoms with Gasteiger partial charge in [0, 0.05) is 23.1 Å². The number of nitrogens with zero attached hydrogens (tertiary/aromatic N) is 1. The van der Waals surface area contributed by atoms with Gasteiger partial charge < -0.3 is 15.0 Å². The molecule has 3 rings (SSSR count). The summed E-state index contributed by atoms with van der Waals surface area (Å²) in [7, 11) is 0. The Morgan fingerprint density at radius 3 is 2.65 bits per heavy atom. The summed E-state index contributed by atoms with van der Waals surface area (Å²) in [6, 6.07) is 12.9. The molecule has 0 radical (unpaired) electrons. The molecular formula is C17H16BrClN2O2. The van der Waals surface area contributed by atoms with Gasteiger partial charge in [0.25, 0.3) is 5.91 Å². The average Bonchev–Trinajstić information content (AvgIpc) is 2.58. The van der Waals surface area contributed by atoms with Crippen molar-refractivity contribution in [3.05, 3.63) is 57.5 Å². The molecule has 0 aliphatic carbocycles. The first-order valence-corrected chi connectivity index (χ1v) is 8.50. The maximum Gasteiger partial charge on any atom is 0.255 e. The predicted octanol–water partition coefficient (Wildman–Crippen LogP) is 4.19. The van der Waals surface area contributed by atoms with E-state index in [1.165, 1.54) is 0 Å². The lowest BCUT2D eigenvalue weighted by Crippen LogP contribution is -2.36. The summed E-state index contributed by atoms with van der Waals surface area (Å²) < 4.78 is 6.09. The number of anilines is 2. The van der Waals surface area contributed by atoms with E-state index in [0.29, 0.717) is 28.3 Å². The zero-order valence-electron chi connectivity index (χ0n) is 12.4. The highest BCUT2D eigenvalue weighted by molar-refractivity contribution is 9.10. The van der Waals surface area contributed by atoms with Gasteiger partial charge in [-0.15, -0.1) is 0 Å². The number of carbonyl (C=O) groups is 1. The van der Waals surface area contributed by atoms with E-state index in [1.54, 1.807) is 18.2 Å². The van der Waals surface area contributed by atoms with Crippen LogP contribution < -0.4 is 10.2 Å². The highest BCUT2D eigenvalue weighted by Crippen LogP contribution is 2.28. The van der Waals surface area contributed by atoms with Gasteiger partial charge in [0.05, 0.1) is 29.6 Å². The van der Waals surface area contributed by atoms with Crippen LogP contribution in [0.25, 0.3) is 0 Å². The molecule has 1 saturated heterocycles. The van der Waals surface area contributed by atoms with Crippen molar-refractivity contribution in [1.29, 1.82) is 0 Å². The standard InChI is InChI=1S/C17H16BrClN2O2/c18-13-11-12(5-6-14(13)19)17(22)20-15-3-1-2-4-16(15)21-7-9-23-10-8-21/h1-6,11H,7-10H2,(H,20,22). The van der Waals surface area contributed by atoms with Gasteiger partial charge in [0.1, 0.15) is 0 Å². The van der Waals surface area contributed by atoms with Crippen LogP contribution in [0.1, 0.15) is 10.4 Å². The zero-order chi connectivity index (χ0) is 16.2. The summed E-state index contributed by atoms with van der Waals surface area (Å²) >= 11 is 9.32. The van der Waals surface area contributed by atoms with E-state index in [2.05, 4.69) is 26.1 Å². The minimum Gasteiger partial charge on any atom is -0.378 e. The third-order valence-electron chi connectivity index (χ3n) is 3.69. The van der Waals surface area contributed by atoms with Crippen LogP contribution in [0.3, 0.4) is 0 Å². The number of halogens is 2. The van der Waals surface area contributed by atoms with E-state index < -0.39 is 0 Å². The number of rotatable bonds is 3. The average molecular weight is 396 g/mol. The molecule has 6 heteroatoms. The molecule has 1 aliphatic rings. The van der Waals surface area contributed by atoms with Crippen molar-refractivity contribution in [3.63, 3.8) is 0 Å². The number of morpholine rings is 1. The second-order valence-corrected chi connectivity index (χ2v) is 6.46. The number of para-hydroxylation sites is 2. The van der Waals surface area contributed by atoms with Crippen molar-refractivity contribution in [2.45, 2.75) is 0 Å². The van der Waals surface area contributed by atoms with Crippen LogP contribution in [0.5, 0.6) is 0 Å². The Balaban J connectivity index is 1.82. The second kappa shape index (κ2) is 7.34. The fourth-order valence-electron chi connectivity index (χ4n) is 2.49. The lowest BCUT2D eigenvalue weighted by atomic mass is 10.2. The molecule has 0 atom stereocenters. The normalized spacial score (nSPS) is 14.6. The molecule has 0 saturated carbocycles. The Labute approximate surface area is 148 Å². The third-order valence-corrected chi connectivity index (χ3v) is 4.90. The molecule has 1 aliphatic heterocycles. The molecule has 1 N–H and O–H groups in total. The van der Waals surface area contributed by atoms with Gasteiger partial charge in [0.2, 0.25) is 0 Å². The molecule has 120 valence electrons. The molecule has 23 heavy (non-hydrogen) atoms. The largest absolute Gasteiger partial charge is 0.378 e. The van der Waals surface area contributed by atoms with E-state index in [9.17, 15) is 4.79 Å². The molecule has 0 unspecified atom stereocenters. The Morgan fingerprint density at radius 2 is 1.91 bits per heavy atom. The number of hydrogen-bond acceptors (Lipinski definition) is 3. The maximum absolute atomic E-state index is 12.5. The van der Waals surface area contributed by atoms with Crippen molar-refractivity contribution >= 4 is 44.8 Å². The topological polar surface area (TPSA) is 41.6 Å². The smallest absolute Gasteiger partial charge is 0.255 e. The van der Waals surface area contributed by atoms with E-state index in [1.807, 2.05) is 24.3 Å². The molecule has 0 aromatic heterocycles. The number of hydrogen-bond donors (Lipinski definition) is 1. The summed E-state index contributed by atoms with van der Waals surface area (Å²) in [5, 5.41) is 3.56. The third kappa shape index (κ3) is 3.86. The van der Waals surface area contributed by atoms with Gasteiger partial charge in [-0.1, -0.05) is 23.7 Å². The first-order chi connectivity index (χ1) is 11.1. The number of carbonyl (C=O) groups excluding carboxylic acids is 1. The molecular weight excluding hydrogens is 380 g/mol. The lowest BCUT2D eigenvalue weighted by Gasteiger charge is -2.30. The summed E-state index contributed by atoms with van der Waals surface area (Å²) in [5.41, 5.74) is 2.36. The predicted molar refractivity (Wildman–Crippen MR) is 96.6 cm³/mol. The summed E-state index contributed by atoms with van der Waals surface area (Å²) in [4.78, 5) is 14.7. The zero-order valence-corrected chi connectivity index (χ0v) is 14.7. The van der Waals surface area contributed by atoms with Gasteiger partial charge in [0.15, 0.2) is 0 Å². The van der Waals surface area contributed by atoms with E-state index in [4.69, 9.17) is 16.3 Å². The van der Waals surface area contributed by atoms with Crippen LogP contribution in [0.4, 0.5) is 11.4 Å². The van der Waals surface area contributed by atoms with Crippen molar-refractivity contribution in [1.82, 2.24) is 0 Å². The van der Waals surface area contributed by atoms with E-state index >= 15 is 0 Å². The molecule has 1 amide bonds. The summed E-state index contributed by atoms with van der Waals surface area (Å²) in [5.74, 6) is -0.164. The Hall–Kier alpha value is -1.56. The van der Waals surface area contributed by atoms with Crippen LogP contribution in [-0.4, -0.2) is 32.2 Å². The molecule has 0 spiro atoms. The number of ether oxygens (including phenoxy) is 1. The summed E-state index contributed by atoms with van der Waals surface area (Å²) in [6.07, 6.45) is 0. The molecule has 1 heterocycles. The number of amides is 1. The first-order valence-electron chi connectivity index (χ1n) is 7.33. The fourth-order valence-corrected chi connectivity index (χ4v) is 2.99. The monoisotopic (exact) mass is 394 g/mol. The fraction of sp³-hybridized carbons (Fsp3) is 0.235. The minimum absolute atomic E-state index is 0.164. The molecule has 2 aromatic carbocycles. The van der Waals surface area contributed by atoms with E-state index in [0.717, 1.165) is 24.5 Å². The Morgan fingerprint density at radius 1 is 1.17 bits per heavy atom. The van der Waals surface area contributed by atoms with Crippen molar-refractivity contribution < 1.29 is 9.53 Å². The first kappa shape index (κ1) is 16.3.